The van der Waals surface area contributed by atoms with Crippen molar-refractivity contribution in [3.8, 4) is 0 Å². The van der Waals surface area contributed by atoms with Gasteiger partial charge in [-0.3, -0.25) is 4.90 Å². The maximum absolute atomic E-state index is 10.3. The van der Waals surface area contributed by atoms with Crippen LogP contribution in [0.2, 0.25) is 0 Å². The lowest BCUT2D eigenvalue weighted by molar-refractivity contribution is 0.00281. The first-order valence-corrected chi connectivity index (χ1v) is 8.31. The molecule has 1 aromatic heterocycles. The molecule has 0 unspecified atom stereocenters. The second-order valence-corrected chi connectivity index (χ2v) is 5.82. The Kier molecular flexibility index (Phi) is 8.55. The molecule has 1 N–H and O–H groups in total. The number of methoxy groups -OCH3 is 1. The largest absolute Gasteiger partial charge is 0.467 e. The SMILES string of the molecule is COCCCN(Cc1ccccc1)C[C@H](O)COCc1ccco1. The Bertz CT molecular complexity index is 530. The van der Waals surface area contributed by atoms with Gasteiger partial charge >= 0.3 is 0 Å². The number of furan rings is 1. The minimum absolute atomic E-state index is 0.288. The van der Waals surface area contributed by atoms with Gasteiger partial charge in [0.15, 0.2) is 0 Å². The summed E-state index contributed by atoms with van der Waals surface area (Å²) in [4.78, 5) is 2.23. The molecule has 0 bridgehead atoms. The lowest BCUT2D eigenvalue weighted by atomic mass is 10.2. The molecule has 5 nitrogen and oxygen atoms in total. The third-order valence-electron chi connectivity index (χ3n) is 3.68. The third kappa shape index (κ3) is 7.27. The van der Waals surface area contributed by atoms with E-state index in [4.69, 9.17) is 13.9 Å². The molecule has 5 heteroatoms. The van der Waals surface area contributed by atoms with Gasteiger partial charge in [0.1, 0.15) is 12.4 Å². The van der Waals surface area contributed by atoms with E-state index in [9.17, 15) is 5.11 Å². The first-order valence-electron chi connectivity index (χ1n) is 8.31. The van der Waals surface area contributed by atoms with Crippen LogP contribution in [0.3, 0.4) is 0 Å². The number of hydrogen-bond donors (Lipinski definition) is 1. The molecule has 1 atom stereocenters. The fourth-order valence-corrected chi connectivity index (χ4v) is 2.55. The molecule has 0 aliphatic carbocycles. The van der Waals surface area contributed by atoms with E-state index in [1.165, 1.54) is 5.56 Å². The van der Waals surface area contributed by atoms with E-state index < -0.39 is 6.10 Å². The lowest BCUT2D eigenvalue weighted by Crippen LogP contribution is -2.35. The van der Waals surface area contributed by atoms with E-state index in [-0.39, 0.29) is 6.61 Å². The molecule has 0 fully saturated rings. The molecule has 0 saturated heterocycles. The number of aliphatic hydroxyl groups is 1. The summed E-state index contributed by atoms with van der Waals surface area (Å²) in [5.74, 6) is 0.767. The zero-order valence-corrected chi connectivity index (χ0v) is 14.3. The van der Waals surface area contributed by atoms with E-state index >= 15 is 0 Å². The first-order chi connectivity index (χ1) is 11.8. The van der Waals surface area contributed by atoms with E-state index in [0.29, 0.717) is 13.2 Å². The van der Waals surface area contributed by atoms with Crippen LogP contribution in [0.5, 0.6) is 0 Å². The quantitative estimate of drug-likeness (QED) is 0.605. The fourth-order valence-electron chi connectivity index (χ4n) is 2.55. The lowest BCUT2D eigenvalue weighted by Gasteiger charge is -2.25. The molecule has 0 aliphatic rings. The summed E-state index contributed by atoms with van der Waals surface area (Å²) in [7, 11) is 1.71. The molecule has 132 valence electrons. The molecular formula is C19H27NO4. The minimum atomic E-state index is -0.536. The summed E-state index contributed by atoms with van der Waals surface area (Å²) in [6.07, 6.45) is 2.02. The van der Waals surface area contributed by atoms with Gasteiger partial charge in [-0.2, -0.15) is 0 Å². The third-order valence-corrected chi connectivity index (χ3v) is 3.68. The van der Waals surface area contributed by atoms with Crippen molar-refractivity contribution in [2.24, 2.45) is 0 Å². The molecule has 0 spiro atoms. The molecule has 2 aromatic rings. The summed E-state index contributed by atoms with van der Waals surface area (Å²) in [6.45, 7) is 3.63. The predicted molar refractivity (Wildman–Crippen MR) is 92.6 cm³/mol. The molecule has 2 rings (SSSR count). The van der Waals surface area contributed by atoms with Crippen molar-refractivity contribution >= 4 is 0 Å². The smallest absolute Gasteiger partial charge is 0.129 e. The van der Waals surface area contributed by atoms with Crippen LogP contribution in [0, 0.1) is 0 Å². The predicted octanol–water partition coefficient (Wildman–Crippen LogP) is 2.70. The summed E-state index contributed by atoms with van der Waals surface area (Å²) in [5.41, 5.74) is 1.23. The fraction of sp³-hybridized carbons (Fsp3) is 0.474. The van der Waals surface area contributed by atoms with Crippen molar-refractivity contribution in [2.45, 2.75) is 25.7 Å². The van der Waals surface area contributed by atoms with Gasteiger partial charge < -0.3 is 19.0 Å². The van der Waals surface area contributed by atoms with Gasteiger partial charge in [-0.05, 0) is 24.1 Å². The molecule has 0 radical (unpaired) electrons. The van der Waals surface area contributed by atoms with Crippen LogP contribution in [0.25, 0.3) is 0 Å². The van der Waals surface area contributed by atoms with Crippen molar-refractivity contribution in [1.29, 1.82) is 0 Å². The van der Waals surface area contributed by atoms with Gasteiger partial charge in [-0.15, -0.1) is 0 Å². The number of ether oxygens (including phenoxy) is 2. The zero-order valence-electron chi connectivity index (χ0n) is 14.3. The topological polar surface area (TPSA) is 55.1 Å². The van der Waals surface area contributed by atoms with E-state index in [1.54, 1.807) is 13.4 Å². The van der Waals surface area contributed by atoms with Gasteiger partial charge in [-0.1, -0.05) is 30.3 Å². The highest BCUT2D eigenvalue weighted by atomic mass is 16.5. The summed E-state index contributed by atoms with van der Waals surface area (Å²) in [5, 5.41) is 10.3. The number of hydrogen-bond acceptors (Lipinski definition) is 5. The molecule has 0 amide bonds. The molecule has 24 heavy (non-hydrogen) atoms. The number of benzene rings is 1. The van der Waals surface area contributed by atoms with Crippen LogP contribution in [0.15, 0.2) is 53.1 Å². The average molecular weight is 333 g/mol. The normalized spacial score (nSPS) is 12.6. The van der Waals surface area contributed by atoms with Crippen LogP contribution >= 0.6 is 0 Å². The van der Waals surface area contributed by atoms with Crippen molar-refractivity contribution < 1.29 is 19.0 Å². The van der Waals surface area contributed by atoms with E-state index in [1.807, 2.05) is 30.3 Å². The van der Waals surface area contributed by atoms with Crippen LogP contribution in [0.1, 0.15) is 17.7 Å². The standard InChI is InChI=1S/C19H27NO4/c1-22-11-6-10-20(13-17-7-3-2-4-8-17)14-18(21)15-23-16-19-9-5-12-24-19/h2-5,7-9,12,18,21H,6,10-11,13-16H2,1H3/t18-/m0/s1. The number of rotatable bonds is 12. The van der Waals surface area contributed by atoms with Gasteiger partial charge in [0, 0.05) is 33.4 Å². The molecule has 1 aromatic carbocycles. The van der Waals surface area contributed by atoms with Crippen LogP contribution in [-0.4, -0.2) is 49.5 Å². The van der Waals surface area contributed by atoms with Crippen molar-refractivity contribution in [1.82, 2.24) is 4.90 Å². The Morgan fingerprint density at radius 2 is 2.00 bits per heavy atom. The first kappa shape index (κ1) is 18.7. The highest BCUT2D eigenvalue weighted by Crippen LogP contribution is 2.07. The summed E-state index contributed by atoms with van der Waals surface area (Å²) < 4.78 is 15.9. The van der Waals surface area contributed by atoms with Crippen LogP contribution in [0.4, 0.5) is 0 Å². The van der Waals surface area contributed by atoms with Crippen molar-refractivity contribution in [2.75, 3.05) is 33.4 Å². The second-order valence-electron chi connectivity index (χ2n) is 5.82. The molecule has 1 heterocycles. The van der Waals surface area contributed by atoms with E-state index in [2.05, 4.69) is 17.0 Å². The molecule has 0 aliphatic heterocycles. The Balaban J connectivity index is 1.77. The highest BCUT2D eigenvalue weighted by molar-refractivity contribution is 5.14. The zero-order chi connectivity index (χ0) is 17.0. The highest BCUT2D eigenvalue weighted by Gasteiger charge is 2.13. The summed E-state index contributed by atoms with van der Waals surface area (Å²) in [6, 6.07) is 14.0. The van der Waals surface area contributed by atoms with Crippen LogP contribution < -0.4 is 0 Å². The Labute approximate surface area is 143 Å². The summed E-state index contributed by atoms with van der Waals surface area (Å²) >= 11 is 0. The Morgan fingerprint density at radius 1 is 1.17 bits per heavy atom. The van der Waals surface area contributed by atoms with Gasteiger partial charge in [0.25, 0.3) is 0 Å². The Morgan fingerprint density at radius 3 is 2.71 bits per heavy atom. The average Bonchev–Trinajstić information content (AvgIpc) is 3.09. The monoisotopic (exact) mass is 333 g/mol. The van der Waals surface area contributed by atoms with E-state index in [0.717, 1.165) is 31.9 Å². The van der Waals surface area contributed by atoms with Crippen molar-refractivity contribution in [3.63, 3.8) is 0 Å². The van der Waals surface area contributed by atoms with Crippen molar-refractivity contribution in [3.05, 3.63) is 60.1 Å². The maximum Gasteiger partial charge on any atom is 0.129 e. The minimum Gasteiger partial charge on any atom is -0.467 e. The number of aliphatic hydroxyl groups excluding tert-OH is 1. The number of nitrogens with zero attached hydrogens (tertiary/aromatic N) is 1. The maximum atomic E-state index is 10.3. The Hall–Kier alpha value is -1.66. The second kappa shape index (κ2) is 11.0. The van der Waals surface area contributed by atoms with Gasteiger partial charge in [-0.25, -0.2) is 0 Å². The molecule has 0 saturated carbocycles. The van der Waals surface area contributed by atoms with Crippen LogP contribution in [-0.2, 0) is 22.6 Å². The van der Waals surface area contributed by atoms with Gasteiger partial charge in [0.05, 0.1) is 19.0 Å². The van der Waals surface area contributed by atoms with Gasteiger partial charge in [0.2, 0.25) is 0 Å². The molecular weight excluding hydrogens is 306 g/mol.